The summed E-state index contributed by atoms with van der Waals surface area (Å²) in [5.41, 5.74) is 1.13. The quantitative estimate of drug-likeness (QED) is 0.845. The SMILES string of the molecule is CN1CCCC[C@@H]1CCC(=O)NCCc1ccc(O)cc1. The molecule has 1 aliphatic rings. The minimum absolute atomic E-state index is 0.146. The van der Waals surface area contributed by atoms with E-state index in [-0.39, 0.29) is 11.7 Å². The van der Waals surface area contributed by atoms with E-state index in [1.165, 1.54) is 19.3 Å². The van der Waals surface area contributed by atoms with Gasteiger partial charge in [0.1, 0.15) is 5.75 Å². The molecule has 21 heavy (non-hydrogen) atoms. The molecule has 1 saturated heterocycles. The largest absolute Gasteiger partial charge is 0.508 e. The van der Waals surface area contributed by atoms with Gasteiger partial charge in [0.25, 0.3) is 0 Å². The van der Waals surface area contributed by atoms with Crippen molar-refractivity contribution in [3.63, 3.8) is 0 Å². The zero-order valence-electron chi connectivity index (χ0n) is 12.8. The van der Waals surface area contributed by atoms with Gasteiger partial charge in [-0.15, -0.1) is 0 Å². The molecule has 1 heterocycles. The standard InChI is InChI=1S/C17H26N2O2/c1-19-13-3-2-4-15(19)7-10-17(21)18-12-11-14-5-8-16(20)9-6-14/h5-6,8-9,15,20H,2-4,7,10-13H2,1H3,(H,18,21)/t15-/m1/s1. The summed E-state index contributed by atoms with van der Waals surface area (Å²) in [6.07, 6.45) is 6.17. The van der Waals surface area contributed by atoms with Crippen molar-refractivity contribution in [2.24, 2.45) is 0 Å². The molecule has 0 unspecified atom stereocenters. The summed E-state index contributed by atoms with van der Waals surface area (Å²) >= 11 is 0. The van der Waals surface area contributed by atoms with Gasteiger partial charge in [-0.25, -0.2) is 0 Å². The fourth-order valence-electron chi connectivity index (χ4n) is 2.90. The van der Waals surface area contributed by atoms with Crippen LogP contribution < -0.4 is 5.32 Å². The van der Waals surface area contributed by atoms with Gasteiger partial charge in [0.2, 0.25) is 5.91 Å². The van der Waals surface area contributed by atoms with Gasteiger partial charge < -0.3 is 15.3 Å². The van der Waals surface area contributed by atoms with Crippen molar-refractivity contribution in [3.8, 4) is 5.75 Å². The number of aromatic hydroxyl groups is 1. The van der Waals surface area contributed by atoms with Gasteiger partial charge in [-0.3, -0.25) is 4.79 Å². The summed E-state index contributed by atoms with van der Waals surface area (Å²) < 4.78 is 0. The molecule has 0 radical (unpaired) electrons. The van der Waals surface area contributed by atoms with Crippen LogP contribution in [0.1, 0.15) is 37.7 Å². The molecular formula is C17H26N2O2. The fraction of sp³-hybridized carbons (Fsp3) is 0.588. The molecule has 1 amide bonds. The smallest absolute Gasteiger partial charge is 0.220 e. The number of carbonyl (C=O) groups is 1. The summed E-state index contributed by atoms with van der Waals surface area (Å²) in [6, 6.07) is 7.70. The first-order chi connectivity index (χ1) is 10.1. The van der Waals surface area contributed by atoms with Crippen LogP contribution in [0, 0.1) is 0 Å². The molecule has 0 spiro atoms. The molecule has 4 nitrogen and oxygen atoms in total. The number of amides is 1. The van der Waals surface area contributed by atoms with Crippen molar-refractivity contribution in [2.45, 2.75) is 44.6 Å². The van der Waals surface area contributed by atoms with Crippen LogP contribution in [-0.4, -0.2) is 42.1 Å². The van der Waals surface area contributed by atoms with E-state index < -0.39 is 0 Å². The van der Waals surface area contributed by atoms with E-state index in [0.29, 0.717) is 19.0 Å². The zero-order chi connectivity index (χ0) is 15.1. The normalized spacial score (nSPS) is 19.4. The molecule has 1 atom stereocenters. The lowest BCUT2D eigenvalue weighted by molar-refractivity contribution is -0.121. The predicted molar refractivity (Wildman–Crippen MR) is 84.3 cm³/mol. The molecule has 2 rings (SSSR count). The van der Waals surface area contributed by atoms with Crippen LogP contribution in [-0.2, 0) is 11.2 Å². The molecule has 1 fully saturated rings. The van der Waals surface area contributed by atoms with Gasteiger partial charge in [0.05, 0.1) is 0 Å². The van der Waals surface area contributed by atoms with Gasteiger partial charge in [-0.1, -0.05) is 18.6 Å². The Morgan fingerprint density at radius 1 is 1.33 bits per heavy atom. The van der Waals surface area contributed by atoms with Crippen LogP contribution in [0.15, 0.2) is 24.3 Å². The van der Waals surface area contributed by atoms with Gasteiger partial charge >= 0.3 is 0 Å². The molecule has 0 saturated carbocycles. The number of benzene rings is 1. The lowest BCUT2D eigenvalue weighted by Crippen LogP contribution is -2.37. The number of hydrogen-bond donors (Lipinski definition) is 2. The lowest BCUT2D eigenvalue weighted by atomic mass is 9.98. The molecular weight excluding hydrogens is 264 g/mol. The Morgan fingerprint density at radius 2 is 2.10 bits per heavy atom. The highest BCUT2D eigenvalue weighted by Crippen LogP contribution is 2.18. The Kier molecular flexibility index (Phi) is 6.05. The van der Waals surface area contributed by atoms with E-state index in [4.69, 9.17) is 0 Å². The van der Waals surface area contributed by atoms with Gasteiger partial charge in [0, 0.05) is 19.0 Å². The van der Waals surface area contributed by atoms with Crippen molar-refractivity contribution in [3.05, 3.63) is 29.8 Å². The maximum absolute atomic E-state index is 11.9. The van der Waals surface area contributed by atoms with E-state index in [0.717, 1.165) is 24.9 Å². The molecule has 1 aromatic carbocycles. The highest BCUT2D eigenvalue weighted by molar-refractivity contribution is 5.75. The maximum atomic E-state index is 11.9. The second-order valence-corrected chi connectivity index (χ2v) is 5.94. The third-order valence-electron chi connectivity index (χ3n) is 4.30. The number of piperidine rings is 1. The third-order valence-corrected chi connectivity index (χ3v) is 4.30. The number of phenols is 1. The van der Waals surface area contributed by atoms with E-state index in [1.54, 1.807) is 12.1 Å². The van der Waals surface area contributed by atoms with E-state index in [9.17, 15) is 9.90 Å². The molecule has 0 bridgehead atoms. The number of nitrogens with one attached hydrogen (secondary N) is 1. The van der Waals surface area contributed by atoms with Gasteiger partial charge in [-0.05, 0) is 57.0 Å². The first-order valence-electron chi connectivity index (χ1n) is 7.90. The van der Waals surface area contributed by atoms with E-state index in [2.05, 4.69) is 17.3 Å². The first kappa shape index (κ1) is 15.8. The zero-order valence-corrected chi connectivity index (χ0v) is 12.8. The molecule has 0 aliphatic carbocycles. The number of carbonyl (C=O) groups excluding carboxylic acids is 1. The first-order valence-corrected chi connectivity index (χ1v) is 7.90. The molecule has 2 N–H and O–H groups in total. The summed E-state index contributed by atoms with van der Waals surface area (Å²) in [4.78, 5) is 14.2. The van der Waals surface area contributed by atoms with Gasteiger partial charge in [0.15, 0.2) is 0 Å². The Hall–Kier alpha value is -1.55. The maximum Gasteiger partial charge on any atom is 0.220 e. The highest BCUT2D eigenvalue weighted by atomic mass is 16.3. The number of nitrogens with zero attached hydrogens (tertiary/aromatic N) is 1. The predicted octanol–water partition coefficient (Wildman–Crippen LogP) is 2.32. The molecule has 1 aromatic rings. The number of rotatable bonds is 6. The number of likely N-dealkylation sites (tertiary alicyclic amines) is 1. The highest BCUT2D eigenvalue weighted by Gasteiger charge is 2.19. The summed E-state index contributed by atoms with van der Waals surface area (Å²) in [7, 11) is 2.16. The average molecular weight is 290 g/mol. The summed E-state index contributed by atoms with van der Waals surface area (Å²) in [5.74, 6) is 0.423. The van der Waals surface area contributed by atoms with Crippen molar-refractivity contribution < 1.29 is 9.90 Å². The number of hydrogen-bond acceptors (Lipinski definition) is 3. The topological polar surface area (TPSA) is 52.6 Å². The monoisotopic (exact) mass is 290 g/mol. The van der Waals surface area contributed by atoms with Gasteiger partial charge in [-0.2, -0.15) is 0 Å². The summed E-state index contributed by atoms with van der Waals surface area (Å²) in [6.45, 7) is 1.82. The minimum atomic E-state index is 0.146. The van der Waals surface area contributed by atoms with Crippen LogP contribution in [0.5, 0.6) is 5.75 Å². The molecule has 0 aromatic heterocycles. The Bertz CT molecular complexity index is 445. The Labute approximate surface area is 127 Å². The van der Waals surface area contributed by atoms with Crippen LogP contribution in [0.3, 0.4) is 0 Å². The van der Waals surface area contributed by atoms with E-state index in [1.807, 2.05) is 12.1 Å². The fourth-order valence-corrected chi connectivity index (χ4v) is 2.90. The molecule has 116 valence electrons. The second kappa shape index (κ2) is 8.03. The second-order valence-electron chi connectivity index (χ2n) is 5.94. The van der Waals surface area contributed by atoms with Crippen molar-refractivity contribution in [1.82, 2.24) is 10.2 Å². The lowest BCUT2D eigenvalue weighted by Gasteiger charge is -2.32. The number of phenolic OH excluding ortho intramolecular Hbond substituents is 1. The summed E-state index contributed by atoms with van der Waals surface area (Å²) in [5, 5.41) is 12.2. The van der Waals surface area contributed by atoms with Crippen molar-refractivity contribution >= 4 is 5.91 Å². The Balaban J connectivity index is 1.62. The molecule has 4 heteroatoms. The van der Waals surface area contributed by atoms with Crippen molar-refractivity contribution in [1.29, 1.82) is 0 Å². The van der Waals surface area contributed by atoms with E-state index >= 15 is 0 Å². The Morgan fingerprint density at radius 3 is 2.81 bits per heavy atom. The van der Waals surface area contributed by atoms with Crippen LogP contribution in [0.4, 0.5) is 0 Å². The van der Waals surface area contributed by atoms with Crippen LogP contribution in [0.2, 0.25) is 0 Å². The van der Waals surface area contributed by atoms with Crippen LogP contribution >= 0.6 is 0 Å². The van der Waals surface area contributed by atoms with Crippen molar-refractivity contribution in [2.75, 3.05) is 20.1 Å². The minimum Gasteiger partial charge on any atom is -0.508 e. The molecule has 1 aliphatic heterocycles. The third kappa shape index (κ3) is 5.38. The average Bonchev–Trinajstić information content (AvgIpc) is 2.48. The van der Waals surface area contributed by atoms with Crippen LogP contribution in [0.25, 0.3) is 0 Å².